The monoisotopic (exact) mass is 216 g/mol. The Morgan fingerprint density at radius 2 is 2.06 bits per heavy atom. The molecule has 0 atom stereocenters. The molecule has 0 spiro atoms. The largest absolute Gasteiger partial charge is 0.271 e. The number of amides is 2. The van der Waals surface area contributed by atoms with Crippen LogP contribution in [-0.4, -0.2) is 21.7 Å². The Balaban J connectivity index is 2.22. The minimum absolute atomic E-state index is 0.215. The van der Waals surface area contributed by atoms with E-state index in [1.165, 1.54) is 11.0 Å². The molecule has 1 aromatic heterocycles. The van der Waals surface area contributed by atoms with Gasteiger partial charge in [0, 0.05) is 24.0 Å². The van der Waals surface area contributed by atoms with Crippen molar-refractivity contribution < 1.29 is 9.59 Å². The van der Waals surface area contributed by atoms with Crippen LogP contribution in [0.1, 0.15) is 18.1 Å². The highest BCUT2D eigenvalue weighted by atomic mass is 16.2. The number of carbonyl (C=O) groups is 2. The Morgan fingerprint density at radius 3 is 2.62 bits per heavy atom. The van der Waals surface area contributed by atoms with Crippen molar-refractivity contribution in [2.24, 2.45) is 0 Å². The molecule has 1 aliphatic rings. The highest BCUT2D eigenvalue weighted by molar-refractivity contribution is 6.15. The molecule has 2 heterocycles. The van der Waals surface area contributed by atoms with E-state index in [-0.39, 0.29) is 11.8 Å². The number of nitrogens with zero attached hydrogens (tertiary/aromatic N) is 2. The second kappa shape index (κ2) is 3.89. The van der Waals surface area contributed by atoms with Crippen molar-refractivity contribution in [2.45, 2.75) is 20.4 Å². The molecule has 0 fully saturated rings. The number of aromatic nitrogens is 1. The quantitative estimate of drug-likeness (QED) is 0.698. The van der Waals surface area contributed by atoms with E-state index in [9.17, 15) is 9.59 Å². The Hall–Kier alpha value is -1.97. The predicted octanol–water partition coefficient (Wildman–Crippen LogP) is 1.21. The van der Waals surface area contributed by atoms with Gasteiger partial charge in [-0.2, -0.15) is 0 Å². The summed E-state index contributed by atoms with van der Waals surface area (Å²) < 4.78 is 0. The fourth-order valence-electron chi connectivity index (χ4n) is 1.62. The van der Waals surface area contributed by atoms with Crippen LogP contribution in [0.2, 0.25) is 0 Å². The van der Waals surface area contributed by atoms with E-state index in [1.807, 2.05) is 13.0 Å². The molecular weight excluding hydrogens is 204 g/mol. The zero-order valence-electron chi connectivity index (χ0n) is 9.23. The lowest BCUT2D eigenvalue weighted by Gasteiger charge is -2.15. The fourth-order valence-corrected chi connectivity index (χ4v) is 1.62. The molecule has 0 N–H and O–H groups in total. The molecule has 0 unspecified atom stereocenters. The van der Waals surface area contributed by atoms with Crippen molar-refractivity contribution >= 4 is 11.8 Å². The fraction of sp³-hybridized carbons (Fsp3) is 0.250. The first-order chi connectivity index (χ1) is 7.59. The van der Waals surface area contributed by atoms with Gasteiger partial charge in [-0.25, -0.2) is 0 Å². The Labute approximate surface area is 93.6 Å². The van der Waals surface area contributed by atoms with Crippen LogP contribution in [-0.2, 0) is 16.1 Å². The van der Waals surface area contributed by atoms with E-state index >= 15 is 0 Å². The van der Waals surface area contributed by atoms with Gasteiger partial charge in [0.1, 0.15) is 0 Å². The summed E-state index contributed by atoms with van der Waals surface area (Å²) in [7, 11) is 0. The standard InChI is InChI=1S/C12H12N2O2/c1-8-3-4-13-6-10(8)7-14-11(15)5-9(2)12(14)16/h3-6H,7H2,1-2H3. The third-order valence-corrected chi connectivity index (χ3v) is 2.66. The van der Waals surface area contributed by atoms with Gasteiger partial charge < -0.3 is 0 Å². The zero-order chi connectivity index (χ0) is 11.7. The molecule has 0 aliphatic carbocycles. The molecule has 0 saturated carbocycles. The number of aryl methyl sites for hydroxylation is 1. The van der Waals surface area contributed by atoms with Crippen LogP contribution in [0.3, 0.4) is 0 Å². The normalized spacial score (nSPS) is 15.6. The lowest BCUT2D eigenvalue weighted by atomic mass is 10.1. The van der Waals surface area contributed by atoms with E-state index in [1.54, 1.807) is 19.3 Å². The van der Waals surface area contributed by atoms with Gasteiger partial charge in [0.2, 0.25) is 0 Å². The van der Waals surface area contributed by atoms with Gasteiger partial charge in [0.25, 0.3) is 11.8 Å². The van der Waals surface area contributed by atoms with Gasteiger partial charge >= 0.3 is 0 Å². The summed E-state index contributed by atoms with van der Waals surface area (Å²) in [5, 5.41) is 0. The molecule has 1 aromatic rings. The average molecular weight is 216 g/mol. The molecule has 0 radical (unpaired) electrons. The van der Waals surface area contributed by atoms with Gasteiger partial charge in [-0.3, -0.25) is 19.5 Å². The van der Waals surface area contributed by atoms with Crippen LogP contribution in [0.25, 0.3) is 0 Å². The molecule has 4 heteroatoms. The van der Waals surface area contributed by atoms with Crippen molar-refractivity contribution in [1.82, 2.24) is 9.88 Å². The molecule has 0 aromatic carbocycles. The highest BCUT2D eigenvalue weighted by Crippen LogP contribution is 2.16. The molecule has 0 saturated heterocycles. The van der Waals surface area contributed by atoms with Crippen molar-refractivity contribution in [2.75, 3.05) is 0 Å². The topological polar surface area (TPSA) is 50.3 Å². The molecule has 0 bridgehead atoms. The van der Waals surface area contributed by atoms with E-state index in [0.29, 0.717) is 12.1 Å². The first-order valence-corrected chi connectivity index (χ1v) is 5.03. The van der Waals surface area contributed by atoms with Crippen LogP contribution in [0, 0.1) is 6.92 Å². The summed E-state index contributed by atoms with van der Waals surface area (Å²) in [6.45, 7) is 3.88. The van der Waals surface area contributed by atoms with Crippen molar-refractivity contribution in [1.29, 1.82) is 0 Å². The van der Waals surface area contributed by atoms with Gasteiger partial charge in [0.15, 0.2) is 0 Å². The van der Waals surface area contributed by atoms with E-state index in [0.717, 1.165) is 11.1 Å². The first kappa shape index (κ1) is 10.5. The van der Waals surface area contributed by atoms with Crippen molar-refractivity contribution in [3.05, 3.63) is 41.2 Å². The Kier molecular flexibility index (Phi) is 2.56. The van der Waals surface area contributed by atoms with E-state index < -0.39 is 0 Å². The van der Waals surface area contributed by atoms with Crippen LogP contribution >= 0.6 is 0 Å². The van der Waals surface area contributed by atoms with Gasteiger partial charge in [-0.1, -0.05) is 0 Å². The average Bonchev–Trinajstić information content (AvgIpc) is 2.48. The minimum Gasteiger partial charge on any atom is -0.271 e. The summed E-state index contributed by atoms with van der Waals surface area (Å²) in [5.74, 6) is -0.459. The highest BCUT2D eigenvalue weighted by Gasteiger charge is 2.28. The lowest BCUT2D eigenvalue weighted by Crippen LogP contribution is -2.30. The summed E-state index contributed by atoms with van der Waals surface area (Å²) in [6.07, 6.45) is 4.74. The zero-order valence-corrected chi connectivity index (χ0v) is 9.23. The van der Waals surface area contributed by atoms with E-state index in [4.69, 9.17) is 0 Å². The van der Waals surface area contributed by atoms with Crippen molar-refractivity contribution in [3.63, 3.8) is 0 Å². The van der Waals surface area contributed by atoms with Crippen LogP contribution in [0.15, 0.2) is 30.1 Å². The number of carbonyl (C=O) groups excluding carboxylic acids is 2. The summed E-state index contributed by atoms with van der Waals surface area (Å²) in [4.78, 5) is 28.4. The predicted molar refractivity (Wildman–Crippen MR) is 58.3 cm³/mol. The second-order valence-electron chi connectivity index (χ2n) is 3.86. The molecule has 4 nitrogen and oxygen atoms in total. The molecule has 2 rings (SSSR count). The van der Waals surface area contributed by atoms with Crippen molar-refractivity contribution in [3.8, 4) is 0 Å². The number of rotatable bonds is 2. The van der Waals surface area contributed by atoms with Gasteiger partial charge in [0.05, 0.1) is 6.54 Å². The Bertz CT molecular complexity index is 492. The lowest BCUT2D eigenvalue weighted by molar-refractivity contribution is -0.137. The maximum atomic E-state index is 11.6. The third kappa shape index (κ3) is 1.74. The van der Waals surface area contributed by atoms with Crippen LogP contribution in [0.4, 0.5) is 0 Å². The molecule has 1 aliphatic heterocycles. The maximum Gasteiger partial charge on any atom is 0.256 e. The summed E-state index contributed by atoms with van der Waals surface area (Å²) in [5.41, 5.74) is 2.42. The van der Waals surface area contributed by atoms with E-state index in [2.05, 4.69) is 4.98 Å². The third-order valence-electron chi connectivity index (χ3n) is 2.66. The molecule has 82 valence electrons. The van der Waals surface area contributed by atoms with Crippen LogP contribution in [0.5, 0.6) is 0 Å². The number of hydrogen-bond donors (Lipinski definition) is 0. The number of hydrogen-bond acceptors (Lipinski definition) is 3. The number of imide groups is 1. The smallest absolute Gasteiger partial charge is 0.256 e. The van der Waals surface area contributed by atoms with Crippen LogP contribution < -0.4 is 0 Å². The first-order valence-electron chi connectivity index (χ1n) is 5.03. The summed E-state index contributed by atoms with van der Waals surface area (Å²) in [6, 6.07) is 1.86. The van der Waals surface area contributed by atoms with Gasteiger partial charge in [-0.15, -0.1) is 0 Å². The molecule has 2 amide bonds. The minimum atomic E-state index is -0.245. The summed E-state index contributed by atoms with van der Waals surface area (Å²) >= 11 is 0. The molecule has 16 heavy (non-hydrogen) atoms. The maximum absolute atomic E-state index is 11.6. The second-order valence-corrected chi connectivity index (χ2v) is 3.86. The van der Waals surface area contributed by atoms with Gasteiger partial charge in [-0.05, 0) is 31.0 Å². The Morgan fingerprint density at radius 1 is 1.31 bits per heavy atom. The molecular formula is C12H12N2O2. The number of pyridine rings is 1. The SMILES string of the molecule is CC1=CC(=O)N(Cc2cnccc2C)C1=O.